The van der Waals surface area contributed by atoms with E-state index < -0.39 is 37.5 Å². The molecule has 0 rings (SSSR count). The second-order valence-electron chi connectivity index (χ2n) is 4.27. The van der Waals surface area contributed by atoms with Crippen LogP contribution >= 0.6 is 0 Å². The average molecular weight is 389 g/mol. The van der Waals surface area contributed by atoms with E-state index in [9.17, 15) is 43.9 Å². The topological polar surface area (TPSA) is 0 Å². The first-order valence-corrected chi connectivity index (χ1v) is 11.2. The van der Waals surface area contributed by atoms with Crippen molar-refractivity contribution < 1.29 is 43.9 Å². The average Bonchev–Trinajstić information content (AvgIpc) is 2.21. The molecule has 0 aromatic heterocycles. The van der Waals surface area contributed by atoms with Gasteiger partial charge < -0.3 is 0 Å². The Kier molecular flexibility index (Phi) is 5.35. The van der Waals surface area contributed by atoms with Crippen LogP contribution in [0.5, 0.6) is 0 Å². The molecular weight excluding hydrogens is 383 g/mol. The normalized spacial score (nSPS) is 13.9. The van der Waals surface area contributed by atoms with Gasteiger partial charge in [-0.05, 0) is 0 Å². The summed E-state index contributed by atoms with van der Waals surface area (Å²) in [7, 11) is 0. The van der Waals surface area contributed by atoms with Gasteiger partial charge in [-0.1, -0.05) is 0 Å². The molecule has 0 bridgehead atoms. The second-order valence-corrected chi connectivity index (χ2v) is 12.1. The van der Waals surface area contributed by atoms with Crippen LogP contribution in [0.25, 0.3) is 0 Å². The molecule has 0 saturated carbocycles. The molecule has 0 N–H and O–H groups in total. The van der Waals surface area contributed by atoms with Gasteiger partial charge in [-0.25, -0.2) is 0 Å². The number of hydrogen-bond acceptors (Lipinski definition) is 0. The van der Waals surface area contributed by atoms with Crippen molar-refractivity contribution in [1.82, 2.24) is 0 Å². The standard InChI is InChI=1S/C10H6F10Ge/c1-21(2,5-3-7(11,12)9(15,16)17)6-4-8(13,14)10(18,19)20/h1-2H3. The Labute approximate surface area is 115 Å². The van der Waals surface area contributed by atoms with Crippen molar-refractivity contribution in [2.24, 2.45) is 0 Å². The monoisotopic (exact) mass is 390 g/mol. The fraction of sp³-hybridized carbons (Fsp3) is 0.600. The van der Waals surface area contributed by atoms with Crippen LogP contribution in [0, 0.1) is 21.3 Å². The Morgan fingerprint density at radius 1 is 0.571 bits per heavy atom. The van der Waals surface area contributed by atoms with Gasteiger partial charge in [0.25, 0.3) is 0 Å². The molecule has 0 atom stereocenters. The number of hydrogen-bond donors (Lipinski definition) is 0. The fourth-order valence-electron chi connectivity index (χ4n) is 0.642. The van der Waals surface area contributed by atoms with Crippen molar-refractivity contribution in [3.8, 4) is 21.3 Å². The van der Waals surface area contributed by atoms with Crippen LogP contribution in [-0.2, 0) is 0 Å². The number of halogens is 10. The van der Waals surface area contributed by atoms with E-state index in [0.717, 1.165) is 11.5 Å². The Bertz CT molecular complexity index is 456. The quantitative estimate of drug-likeness (QED) is 0.332. The zero-order valence-electron chi connectivity index (χ0n) is 10.3. The first kappa shape index (κ1) is 20.0. The summed E-state index contributed by atoms with van der Waals surface area (Å²) in [5, 5.41) is 0. The van der Waals surface area contributed by atoms with Gasteiger partial charge in [0.05, 0.1) is 0 Å². The molecule has 0 spiro atoms. The third kappa shape index (κ3) is 5.69. The summed E-state index contributed by atoms with van der Waals surface area (Å²) in [4.78, 5) is 0. The molecule has 21 heavy (non-hydrogen) atoms. The minimum atomic E-state index is -5.97. The van der Waals surface area contributed by atoms with Crippen molar-refractivity contribution in [3.63, 3.8) is 0 Å². The molecule has 120 valence electrons. The van der Waals surface area contributed by atoms with Crippen molar-refractivity contribution in [2.75, 3.05) is 0 Å². The van der Waals surface area contributed by atoms with E-state index in [1.165, 1.54) is 9.51 Å². The SMILES string of the molecule is [CH3][Ge]([CH3])([C]#CC(F)(F)C(F)(F)F)[C]#CC(F)(F)C(F)(F)F. The summed E-state index contributed by atoms with van der Waals surface area (Å²) in [5.41, 5.74) is 0. The van der Waals surface area contributed by atoms with Crippen molar-refractivity contribution in [2.45, 2.75) is 35.7 Å². The zero-order valence-corrected chi connectivity index (χ0v) is 12.4. The van der Waals surface area contributed by atoms with Crippen molar-refractivity contribution in [3.05, 3.63) is 0 Å². The summed E-state index contributed by atoms with van der Waals surface area (Å²) in [6.45, 7) is 0. The predicted molar refractivity (Wildman–Crippen MR) is 55.0 cm³/mol. The van der Waals surface area contributed by atoms with Crippen LogP contribution in [0.2, 0.25) is 11.5 Å². The third-order valence-corrected chi connectivity index (χ3v) is 4.92. The van der Waals surface area contributed by atoms with E-state index in [1.807, 2.05) is 0 Å². The maximum atomic E-state index is 12.5. The molecule has 0 nitrogen and oxygen atoms in total. The summed E-state index contributed by atoms with van der Waals surface area (Å²) in [6.07, 6.45) is -11.9. The van der Waals surface area contributed by atoms with E-state index in [-0.39, 0.29) is 0 Å². The van der Waals surface area contributed by atoms with E-state index in [1.54, 1.807) is 0 Å². The van der Waals surface area contributed by atoms with Gasteiger partial charge in [0, 0.05) is 0 Å². The van der Waals surface area contributed by atoms with Gasteiger partial charge in [-0.15, -0.1) is 0 Å². The molecular formula is C10H6F10Ge. The van der Waals surface area contributed by atoms with Gasteiger partial charge in [-0.2, -0.15) is 0 Å². The Morgan fingerprint density at radius 2 is 0.810 bits per heavy atom. The molecule has 0 heterocycles. The molecule has 0 saturated heterocycles. The molecule has 11 heteroatoms. The van der Waals surface area contributed by atoms with Crippen molar-refractivity contribution >= 4 is 13.3 Å². The second kappa shape index (κ2) is 5.63. The van der Waals surface area contributed by atoms with Crippen LogP contribution in [0.4, 0.5) is 43.9 Å². The van der Waals surface area contributed by atoms with Gasteiger partial charge >= 0.3 is 114 Å². The number of alkyl halides is 10. The summed E-state index contributed by atoms with van der Waals surface area (Å²) in [6, 6.07) is 0. The molecule has 0 fully saturated rings. The Balaban J connectivity index is 5.43. The van der Waals surface area contributed by atoms with Crippen molar-refractivity contribution in [1.29, 1.82) is 0 Å². The number of rotatable bonds is 0. The van der Waals surface area contributed by atoms with Crippen LogP contribution < -0.4 is 0 Å². The predicted octanol–water partition coefficient (Wildman–Crippen LogP) is 4.18. The van der Waals surface area contributed by atoms with Gasteiger partial charge in [0.1, 0.15) is 0 Å². The van der Waals surface area contributed by atoms with E-state index in [2.05, 4.69) is 0 Å². The first-order valence-electron chi connectivity index (χ1n) is 4.89. The summed E-state index contributed by atoms with van der Waals surface area (Å²) >= 11 is -4.30. The third-order valence-electron chi connectivity index (χ3n) is 1.78. The zero-order chi connectivity index (χ0) is 17.3. The molecule has 0 aliphatic carbocycles. The molecule has 0 unspecified atom stereocenters. The maximum absolute atomic E-state index is 12.5. The van der Waals surface area contributed by atoms with Crippen LogP contribution in [0.15, 0.2) is 0 Å². The van der Waals surface area contributed by atoms with E-state index in [4.69, 9.17) is 0 Å². The Morgan fingerprint density at radius 3 is 1.00 bits per heavy atom. The van der Waals surface area contributed by atoms with Crippen LogP contribution in [0.1, 0.15) is 0 Å². The molecule has 0 aliphatic rings. The van der Waals surface area contributed by atoms with E-state index >= 15 is 0 Å². The van der Waals surface area contributed by atoms with Gasteiger partial charge in [0.2, 0.25) is 0 Å². The molecule has 0 aliphatic heterocycles. The fourth-order valence-corrected chi connectivity index (χ4v) is 2.74. The van der Waals surface area contributed by atoms with E-state index in [0.29, 0.717) is 11.8 Å². The first-order chi connectivity index (χ1) is 8.91. The minimum absolute atomic E-state index is 0.561. The molecule has 0 radical (unpaired) electrons. The summed E-state index contributed by atoms with van der Waals surface area (Å²) < 4.78 is 124. The molecule has 0 aromatic rings. The van der Waals surface area contributed by atoms with Crippen LogP contribution in [-0.4, -0.2) is 37.5 Å². The van der Waals surface area contributed by atoms with Gasteiger partial charge in [0.15, 0.2) is 0 Å². The molecule has 0 amide bonds. The van der Waals surface area contributed by atoms with Gasteiger partial charge in [-0.3, -0.25) is 0 Å². The Hall–Kier alpha value is -1.04. The molecule has 0 aromatic carbocycles. The van der Waals surface area contributed by atoms with Crippen LogP contribution in [0.3, 0.4) is 0 Å². The summed E-state index contributed by atoms with van der Waals surface area (Å²) in [5.74, 6) is -7.85.